The fraction of sp³-hybridized carbons (Fsp3) is 0.267. The standard InChI is InChI=1S/C30H29N5O4S/c36-29(20-35(30(37)27-8-4-17-40-27)19-22-9-11-25-26(18-22)39-21-38-25)34-14-5-13-33(15-16-34)28-12-10-24(31-32-28)23-6-2-1-3-7-23/h1-4,6-12,17-18H,5,13-16,19-21H2. The molecule has 0 radical (unpaired) electrons. The summed E-state index contributed by atoms with van der Waals surface area (Å²) < 4.78 is 10.9. The summed E-state index contributed by atoms with van der Waals surface area (Å²) in [6.45, 7) is 3.06. The minimum absolute atomic E-state index is 0.00322. The van der Waals surface area contributed by atoms with E-state index < -0.39 is 0 Å². The zero-order valence-electron chi connectivity index (χ0n) is 21.9. The van der Waals surface area contributed by atoms with Crippen molar-refractivity contribution in [2.24, 2.45) is 0 Å². The van der Waals surface area contributed by atoms with Crippen LogP contribution in [0.3, 0.4) is 0 Å². The number of nitrogens with zero attached hydrogens (tertiary/aromatic N) is 5. The van der Waals surface area contributed by atoms with Gasteiger partial charge in [-0.25, -0.2) is 0 Å². The van der Waals surface area contributed by atoms with E-state index in [0.29, 0.717) is 42.6 Å². The van der Waals surface area contributed by atoms with Crippen LogP contribution in [0.1, 0.15) is 21.7 Å². The molecule has 40 heavy (non-hydrogen) atoms. The molecule has 2 aromatic carbocycles. The molecule has 0 unspecified atom stereocenters. The normalized spacial score (nSPS) is 14.6. The van der Waals surface area contributed by atoms with Gasteiger partial charge >= 0.3 is 0 Å². The highest BCUT2D eigenvalue weighted by atomic mass is 32.1. The number of amides is 2. The van der Waals surface area contributed by atoms with Crippen LogP contribution in [0.2, 0.25) is 0 Å². The molecule has 10 heteroatoms. The van der Waals surface area contributed by atoms with E-state index in [-0.39, 0.29) is 25.2 Å². The molecule has 0 spiro atoms. The molecule has 0 aliphatic carbocycles. The first-order valence-electron chi connectivity index (χ1n) is 13.3. The Labute approximate surface area is 236 Å². The Morgan fingerprint density at radius 2 is 1.75 bits per heavy atom. The fourth-order valence-corrected chi connectivity index (χ4v) is 5.62. The predicted molar refractivity (Wildman–Crippen MR) is 153 cm³/mol. The van der Waals surface area contributed by atoms with Gasteiger partial charge in [-0.15, -0.1) is 21.5 Å². The molecule has 9 nitrogen and oxygen atoms in total. The van der Waals surface area contributed by atoms with Gasteiger partial charge in [0.1, 0.15) is 6.54 Å². The highest BCUT2D eigenvalue weighted by Crippen LogP contribution is 2.33. The molecule has 6 rings (SSSR count). The highest BCUT2D eigenvalue weighted by molar-refractivity contribution is 7.12. The maximum Gasteiger partial charge on any atom is 0.264 e. The first kappa shape index (κ1) is 25.8. The SMILES string of the molecule is O=C(CN(Cc1ccc2c(c1)OCO2)C(=O)c1cccs1)N1CCCN(c2ccc(-c3ccccc3)nn2)CC1. The van der Waals surface area contributed by atoms with Gasteiger partial charge in [0, 0.05) is 38.3 Å². The molecule has 2 aliphatic heterocycles. The molecule has 204 valence electrons. The molecular formula is C30H29N5O4S. The number of carbonyl (C=O) groups is 2. The van der Waals surface area contributed by atoms with Crippen LogP contribution in [0.15, 0.2) is 78.2 Å². The van der Waals surface area contributed by atoms with Gasteiger partial charge in [0.2, 0.25) is 12.7 Å². The Kier molecular flexibility index (Phi) is 7.58. The van der Waals surface area contributed by atoms with Gasteiger partial charge in [-0.3, -0.25) is 9.59 Å². The van der Waals surface area contributed by atoms with Crippen molar-refractivity contribution in [3.8, 4) is 22.8 Å². The minimum atomic E-state index is -0.161. The van der Waals surface area contributed by atoms with E-state index in [9.17, 15) is 9.59 Å². The van der Waals surface area contributed by atoms with Crippen molar-refractivity contribution in [1.29, 1.82) is 0 Å². The van der Waals surface area contributed by atoms with Crippen molar-refractivity contribution < 1.29 is 19.1 Å². The summed E-state index contributed by atoms with van der Waals surface area (Å²) in [4.78, 5) is 33.1. The summed E-state index contributed by atoms with van der Waals surface area (Å²) in [5, 5.41) is 10.8. The van der Waals surface area contributed by atoms with E-state index in [2.05, 4.69) is 15.1 Å². The third-order valence-corrected chi connectivity index (χ3v) is 7.91. The predicted octanol–water partition coefficient (Wildman–Crippen LogP) is 4.32. The Morgan fingerprint density at radius 3 is 2.55 bits per heavy atom. The van der Waals surface area contributed by atoms with Crippen molar-refractivity contribution in [2.45, 2.75) is 13.0 Å². The maximum absolute atomic E-state index is 13.5. The van der Waals surface area contributed by atoms with Crippen LogP contribution in [0, 0.1) is 0 Å². The average Bonchev–Trinajstić information content (AvgIpc) is 3.64. The minimum Gasteiger partial charge on any atom is -0.454 e. The lowest BCUT2D eigenvalue weighted by Gasteiger charge is -2.27. The Balaban J connectivity index is 1.12. The zero-order valence-corrected chi connectivity index (χ0v) is 22.8. The number of anilines is 1. The lowest BCUT2D eigenvalue weighted by atomic mass is 10.1. The van der Waals surface area contributed by atoms with E-state index in [1.165, 1.54) is 11.3 Å². The molecular weight excluding hydrogens is 526 g/mol. The van der Waals surface area contributed by atoms with Crippen molar-refractivity contribution in [1.82, 2.24) is 20.0 Å². The highest BCUT2D eigenvalue weighted by Gasteiger charge is 2.26. The van der Waals surface area contributed by atoms with E-state index in [1.807, 2.05) is 77.0 Å². The van der Waals surface area contributed by atoms with Gasteiger partial charge < -0.3 is 24.2 Å². The van der Waals surface area contributed by atoms with Crippen LogP contribution in [0.5, 0.6) is 11.5 Å². The summed E-state index contributed by atoms with van der Waals surface area (Å²) in [6.07, 6.45) is 0.800. The molecule has 1 fully saturated rings. The first-order chi connectivity index (χ1) is 19.6. The number of aromatic nitrogens is 2. The van der Waals surface area contributed by atoms with Gasteiger partial charge in [0.05, 0.1) is 10.6 Å². The second-order valence-corrected chi connectivity index (χ2v) is 10.6. The number of ether oxygens (including phenoxy) is 2. The van der Waals surface area contributed by atoms with Crippen molar-refractivity contribution >= 4 is 29.0 Å². The number of hydrogen-bond acceptors (Lipinski definition) is 8. The molecule has 1 saturated heterocycles. The molecule has 4 heterocycles. The third-order valence-electron chi connectivity index (χ3n) is 7.05. The number of rotatable bonds is 7. The quantitative estimate of drug-likeness (QED) is 0.336. The van der Waals surface area contributed by atoms with E-state index in [4.69, 9.17) is 9.47 Å². The number of carbonyl (C=O) groups excluding carboxylic acids is 2. The number of benzene rings is 2. The Hall–Kier alpha value is -4.44. The molecule has 2 aliphatic rings. The lowest BCUT2D eigenvalue weighted by Crippen LogP contribution is -2.43. The van der Waals surface area contributed by atoms with E-state index >= 15 is 0 Å². The van der Waals surface area contributed by atoms with Crippen molar-refractivity contribution in [2.75, 3.05) is 44.4 Å². The Bertz CT molecular complexity index is 1460. The number of fused-ring (bicyclic) bond motifs is 1. The molecule has 0 N–H and O–H groups in total. The van der Waals surface area contributed by atoms with Crippen LogP contribution in [0.4, 0.5) is 5.82 Å². The topological polar surface area (TPSA) is 88.1 Å². The molecule has 0 saturated carbocycles. The van der Waals surface area contributed by atoms with E-state index in [1.54, 1.807) is 11.0 Å². The lowest BCUT2D eigenvalue weighted by molar-refractivity contribution is -0.131. The van der Waals surface area contributed by atoms with E-state index in [0.717, 1.165) is 35.6 Å². The van der Waals surface area contributed by atoms with Crippen LogP contribution < -0.4 is 14.4 Å². The zero-order chi connectivity index (χ0) is 27.3. The van der Waals surface area contributed by atoms with Crippen LogP contribution in [0.25, 0.3) is 11.3 Å². The Morgan fingerprint density at radius 1 is 0.875 bits per heavy atom. The van der Waals surface area contributed by atoms with Crippen molar-refractivity contribution in [3.63, 3.8) is 0 Å². The summed E-state index contributed by atoms with van der Waals surface area (Å²) in [6, 6.07) is 23.2. The van der Waals surface area contributed by atoms with Gasteiger partial charge in [0.15, 0.2) is 17.3 Å². The maximum atomic E-state index is 13.5. The number of thiophene rings is 1. The first-order valence-corrected chi connectivity index (χ1v) is 14.2. The van der Waals surface area contributed by atoms with Crippen LogP contribution in [-0.4, -0.2) is 71.3 Å². The van der Waals surface area contributed by atoms with Gasteiger partial charge in [-0.05, 0) is 47.7 Å². The molecule has 2 amide bonds. The second-order valence-electron chi connectivity index (χ2n) is 9.69. The average molecular weight is 556 g/mol. The monoisotopic (exact) mass is 555 g/mol. The number of hydrogen-bond donors (Lipinski definition) is 0. The molecule has 0 bridgehead atoms. The molecule has 4 aromatic rings. The largest absolute Gasteiger partial charge is 0.454 e. The summed E-state index contributed by atoms with van der Waals surface area (Å²) in [5.74, 6) is 1.90. The summed E-state index contributed by atoms with van der Waals surface area (Å²) >= 11 is 1.37. The van der Waals surface area contributed by atoms with Crippen LogP contribution >= 0.6 is 11.3 Å². The summed E-state index contributed by atoms with van der Waals surface area (Å²) in [7, 11) is 0. The van der Waals surface area contributed by atoms with Gasteiger partial charge in [-0.1, -0.05) is 42.5 Å². The van der Waals surface area contributed by atoms with Crippen molar-refractivity contribution in [3.05, 3.63) is 88.6 Å². The van der Waals surface area contributed by atoms with Gasteiger partial charge in [-0.2, -0.15) is 0 Å². The van der Waals surface area contributed by atoms with Gasteiger partial charge in [0.25, 0.3) is 5.91 Å². The molecule has 2 aromatic heterocycles. The molecule has 0 atom stereocenters. The third kappa shape index (κ3) is 5.76. The van der Waals surface area contributed by atoms with Crippen LogP contribution in [-0.2, 0) is 11.3 Å². The second kappa shape index (κ2) is 11.7. The smallest absolute Gasteiger partial charge is 0.264 e. The fourth-order valence-electron chi connectivity index (χ4n) is 4.93. The summed E-state index contributed by atoms with van der Waals surface area (Å²) in [5.41, 5.74) is 2.73.